The fourth-order valence-corrected chi connectivity index (χ4v) is 3.12. The van der Waals surface area contributed by atoms with Crippen LogP contribution in [0, 0.1) is 0 Å². The summed E-state index contributed by atoms with van der Waals surface area (Å²) >= 11 is 0. The lowest BCUT2D eigenvalue weighted by atomic mass is 10.0. The maximum absolute atomic E-state index is 13.1. The quantitative estimate of drug-likeness (QED) is 0.623. The standard InChI is InChI=1S/C19H24N4O4.CH2O2/c1-3-17-20-16(21-27-17)12-23-15(11-14-7-5-4-6-8-14)19(25)22(9-10-26-2)13-18(23)24;2-1-3/h4-8,15H,3,9-13H2,1-2H3;1H,(H,2,3)/t15-;/m1./s1. The van der Waals surface area contributed by atoms with E-state index in [9.17, 15) is 9.59 Å². The second-order valence-electron chi connectivity index (χ2n) is 6.54. The smallest absolute Gasteiger partial charge is 0.290 e. The van der Waals surface area contributed by atoms with Gasteiger partial charge >= 0.3 is 0 Å². The summed E-state index contributed by atoms with van der Waals surface area (Å²) in [4.78, 5) is 41.6. The number of ether oxygens (including phenoxy) is 1. The highest BCUT2D eigenvalue weighted by atomic mass is 16.5. The van der Waals surface area contributed by atoms with Gasteiger partial charge < -0.3 is 24.2 Å². The molecule has 1 fully saturated rings. The largest absolute Gasteiger partial charge is 0.483 e. The van der Waals surface area contributed by atoms with Crippen molar-refractivity contribution in [3.8, 4) is 0 Å². The van der Waals surface area contributed by atoms with Crippen molar-refractivity contribution in [1.29, 1.82) is 0 Å². The van der Waals surface area contributed by atoms with Crippen molar-refractivity contribution >= 4 is 18.3 Å². The van der Waals surface area contributed by atoms with Crippen LogP contribution in [0.4, 0.5) is 0 Å². The predicted octanol–water partition coefficient (Wildman–Crippen LogP) is 0.761. The summed E-state index contributed by atoms with van der Waals surface area (Å²) in [6.07, 6.45) is 1.06. The highest BCUT2D eigenvalue weighted by Crippen LogP contribution is 2.19. The second-order valence-corrected chi connectivity index (χ2v) is 6.54. The van der Waals surface area contributed by atoms with Gasteiger partial charge in [0.2, 0.25) is 17.7 Å². The lowest BCUT2D eigenvalue weighted by Gasteiger charge is -2.39. The number of piperazine rings is 1. The fraction of sp³-hybridized carbons (Fsp3) is 0.450. The third-order valence-electron chi connectivity index (χ3n) is 4.58. The average molecular weight is 418 g/mol. The molecule has 1 atom stereocenters. The van der Waals surface area contributed by atoms with Gasteiger partial charge in [-0.25, -0.2) is 0 Å². The molecule has 1 aliphatic rings. The van der Waals surface area contributed by atoms with E-state index in [-0.39, 0.29) is 31.4 Å². The minimum Gasteiger partial charge on any atom is -0.483 e. The Bertz CT molecular complexity index is 826. The average Bonchev–Trinajstić information content (AvgIpc) is 3.21. The summed E-state index contributed by atoms with van der Waals surface area (Å²) in [5.41, 5.74) is 0.990. The number of methoxy groups -OCH3 is 1. The summed E-state index contributed by atoms with van der Waals surface area (Å²) < 4.78 is 10.2. The predicted molar refractivity (Wildman–Crippen MR) is 105 cm³/mol. The van der Waals surface area contributed by atoms with Crippen LogP contribution in [0.1, 0.15) is 24.2 Å². The Labute approximate surface area is 174 Å². The third kappa shape index (κ3) is 6.11. The number of carboxylic acid groups (broad SMARTS) is 1. The van der Waals surface area contributed by atoms with Gasteiger partial charge in [0, 0.05) is 26.5 Å². The van der Waals surface area contributed by atoms with Gasteiger partial charge in [-0.1, -0.05) is 42.4 Å². The highest BCUT2D eigenvalue weighted by molar-refractivity contribution is 5.95. The number of carbonyl (C=O) groups excluding carboxylic acids is 2. The van der Waals surface area contributed by atoms with Crippen LogP contribution < -0.4 is 0 Å². The first-order chi connectivity index (χ1) is 14.5. The Morgan fingerprint density at radius 3 is 2.60 bits per heavy atom. The lowest BCUT2D eigenvalue weighted by molar-refractivity contribution is -0.157. The Hall–Kier alpha value is -3.27. The molecule has 30 heavy (non-hydrogen) atoms. The van der Waals surface area contributed by atoms with Crippen LogP contribution in [0.3, 0.4) is 0 Å². The Balaban J connectivity index is 0.00000101. The first-order valence-corrected chi connectivity index (χ1v) is 9.54. The molecular formula is C20H26N4O6. The maximum atomic E-state index is 13.1. The number of benzene rings is 1. The van der Waals surface area contributed by atoms with Gasteiger partial charge in [-0.05, 0) is 5.56 Å². The summed E-state index contributed by atoms with van der Waals surface area (Å²) in [6, 6.07) is 9.07. The molecule has 0 aliphatic carbocycles. The Kier molecular flexibility index (Phi) is 8.95. The number of hydrogen-bond donors (Lipinski definition) is 1. The van der Waals surface area contributed by atoms with Crippen LogP contribution >= 0.6 is 0 Å². The van der Waals surface area contributed by atoms with Crippen molar-refractivity contribution in [3.63, 3.8) is 0 Å². The first kappa shape index (κ1) is 23.0. The number of amides is 2. The van der Waals surface area contributed by atoms with E-state index in [0.717, 1.165) is 5.56 Å². The third-order valence-corrected chi connectivity index (χ3v) is 4.58. The second kappa shape index (κ2) is 11.7. The topological polar surface area (TPSA) is 126 Å². The van der Waals surface area contributed by atoms with Crippen LogP contribution in [0.15, 0.2) is 34.9 Å². The lowest BCUT2D eigenvalue weighted by Crippen LogP contribution is -2.60. The number of aryl methyl sites for hydroxylation is 1. The van der Waals surface area contributed by atoms with Crippen LogP contribution in [-0.4, -0.2) is 76.2 Å². The van der Waals surface area contributed by atoms with E-state index in [1.54, 1.807) is 16.9 Å². The molecule has 162 valence electrons. The number of aromatic nitrogens is 2. The van der Waals surface area contributed by atoms with Crippen molar-refractivity contribution in [3.05, 3.63) is 47.6 Å². The molecule has 1 aliphatic heterocycles. The SMILES string of the molecule is CCc1nc(CN2C(=O)CN(CCOC)C(=O)[C@H]2Cc2ccccc2)no1.O=CO. The van der Waals surface area contributed by atoms with Crippen molar-refractivity contribution in [2.75, 3.05) is 26.8 Å². The van der Waals surface area contributed by atoms with Gasteiger partial charge in [0.1, 0.15) is 6.04 Å². The van der Waals surface area contributed by atoms with E-state index in [2.05, 4.69) is 10.1 Å². The first-order valence-electron chi connectivity index (χ1n) is 9.54. The molecule has 2 heterocycles. The number of carbonyl (C=O) groups is 3. The summed E-state index contributed by atoms with van der Waals surface area (Å²) in [5.74, 6) is 0.711. The van der Waals surface area contributed by atoms with E-state index in [1.807, 2.05) is 37.3 Å². The molecule has 1 aromatic heterocycles. The maximum Gasteiger partial charge on any atom is 0.290 e. The fourth-order valence-electron chi connectivity index (χ4n) is 3.12. The molecule has 1 N–H and O–H groups in total. The zero-order chi connectivity index (χ0) is 21.9. The van der Waals surface area contributed by atoms with E-state index in [4.69, 9.17) is 19.2 Å². The van der Waals surface area contributed by atoms with Crippen LogP contribution in [0.25, 0.3) is 0 Å². The molecule has 0 bridgehead atoms. The Morgan fingerprint density at radius 2 is 2.00 bits per heavy atom. The zero-order valence-electron chi connectivity index (χ0n) is 17.1. The number of nitrogens with zero attached hydrogens (tertiary/aromatic N) is 4. The van der Waals surface area contributed by atoms with Gasteiger partial charge in [0.15, 0.2) is 5.82 Å². The minimum atomic E-state index is -0.603. The van der Waals surface area contributed by atoms with Crippen molar-refractivity contribution in [2.24, 2.45) is 0 Å². The molecule has 2 aromatic rings. The molecular weight excluding hydrogens is 392 g/mol. The number of hydrogen-bond acceptors (Lipinski definition) is 7. The van der Waals surface area contributed by atoms with Gasteiger partial charge in [-0.15, -0.1) is 0 Å². The molecule has 0 radical (unpaired) electrons. The highest BCUT2D eigenvalue weighted by Gasteiger charge is 2.39. The van der Waals surface area contributed by atoms with E-state index in [0.29, 0.717) is 37.7 Å². The zero-order valence-corrected chi connectivity index (χ0v) is 17.1. The van der Waals surface area contributed by atoms with Crippen molar-refractivity contribution < 1.29 is 28.8 Å². The van der Waals surface area contributed by atoms with E-state index in [1.165, 1.54) is 0 Å². The normalized spacial score (nSPS) is 16.3. The van der Waals surface area contributed by atoms with Crippen LogP contribution in [0.2, 0.25) is 0 Å². The molecule has 3 rings (SSSR count). The van der Waals surface area contributed by atoms with E-state index >= 15 is 0 Å². The van der Waals surface area contributed by atoms with Crippen molar-refractivity contribution in [1.82, 2.24) is 19.9 Å². The van der Waals surface area contributed by atoms with Crippen LogP contribution in [-0.2, 0) is 38.5 Å². The summed E-state index contributed by atoms with van der Waals surface area (Å²) in [6.45, 7) is 2.64. The summed E-state index contributed by atoms with van der Waals surface area (Å²) in [7, 11) is 1.57. The molecule has 0 saturated carbocycles. The molecule has 10 heteroatoms. The molecule has 0 unspecified atom stereocenters. The van der Waals surface area contributed by atoms with Gasteiger partial charge in [-0.3, -0.25) is 14.4 Å². The van der Waals surface area contributed by atoms with Crippen molar-refractivity contribution in [2.45, 2.75) is 32.4 Å². The van der Waals surface area contributed by atoms with Gasteiger partial charge in [-0.2, -0.15) is 4.98 Å². The van der Waals surface area contributed by atoms with E-state index < -0.39 is 6.04 Å². The summed E-state index contributed by atoms with van der Waals surface area (Å²) in [5, 5.41) is 10.8. The molecule has 2 amide bonds. The van der Waals surface area contributed by atoms with Gasteiger partial charge in [0.05, 0.1) is 19.7 Å². The molecule has 1 aromatic carbocycles. The van der Waals surface area contributed by atoms with Crippen LogP contribution in [0.5, 0.6) is 0 Å². The monoisotopic (exact) mass is 418 g/mol. The van der Waals surface area contributed by atoms with Gasteiger partial charge in [0.25, 0.3) is 6.47 Å². The molecule has 0 spiro atoms. The molecule has 1 saturated heterocycles. The Morgan fingerprint density at radius 1 is 1.30 bits per heavy atom. The minimum absolute atomic E-state index is 0.0337. The number of rotatable bonds is 8. The molecule has 10 nitrogen and oxygen atoms in total.